The molecule has 3 N–H and O–H groups in total. The van der Waals surface area contributed by atoms with E-state index < -0.39 is 15.7 Å². The second-order valence-electron chi connectivity index (χ2n) is 3.02. The first kappa shape index (κ1) is 11.7. The average molecular weight is 228 g/mol. The first-order valence-electron chi connectivity index (χ1n) is 4.24. The van der Waals surface area contributed by atoms with Gasteiger partial charge in [0, 0.05) is 6.26 Å². The molecule has 0 aromatic heterocycles. The highest BCUT2D eigenvalue weighted by atomic mass is 32.2. The fourth-order valence-electron chi connectivity index (χ4n) is 1.09. The van der Waals surface area contributed by atoms with Crippen LogP contribution in [-0.2, 0) is 14.6 Å². The number of hydrogen-bond donors (Lipinski definition) is 2. The van der Waals surface area contributed by atoms with E-state index in [0.29, 0.717) is 0 Å². The molecule has 82 valence electrons. The van der Waals surface area contributed by atoms with Crippen molar-refractivity contribution in [2.75, 3.05) is 18.1 Å². The van der Waals surface area contributed by atoms with Gasteiger partial charge < -0.3 is 11.1 Å². The Hall–Kier alpha value is -1.40. The number of benzene rings is 1. The average Bonchev–Trinajstić information content (AvgIpc) is 2.17. The van der Waals surface area contributed by atoms with Gasteiger partial charge >= 0.3 is 0 Å². The van der Waals surface area contributed by atoms with Crippen LogP contribution in [0.4, 0.5) is 5.69 Å². The summed E-state index contributed by atoms with van der Waals surface area (Å²) in [6.45, 7) is -0.182. The molecule has 15 heavy (non-hydrogen) atoms. The molecule has 0 saturated heterocycles. The van der Waals surface area contributed by atoms with E-state index in [0.717, 1.165) is 6.26 Å². The molecule has 0 atom stereocenters. The first-order chi connectivity index (χ1) is 6.95. The van der Waals surface area contributed by atoms with Crippen LogP contribution < -0.4 is 11.1 Å². The monoisotopic (exact) mass is 228 g/mol. The van der Waals surface area contributed by atoms with Crippen LogP contribution in [-0.4, -0.2) is 27.1 Å². The van der Waals surface area contributed by atoms with Gasteiger partial charge in [0.1, 0.15) is 0 Å². The molecule has 1 aromatic rings. The lowest BCUT2D eigenvalue weighted by Gasteiger charge is -2.08. The minimum absolute atomic E-state index is 0.0896. The number of anilines is 1. The predicted molar refractivity (Wildman–Crippen MR) is 57.2 cm³/mol. The lowest BCUT2D eigenvalue weighted by Crippen LogP contribution is -2.22. The summed E-state index contributed by atoms with van der Waals surface area (Å²) in [5.41, 5.74) is 5.38. The van der Waals surface area contributed by atoms with Crippen LogP contribution >= 0.6 is 0 Å². The number of nitrogens with one attached hydrogen (secondary N) is 1. The Morgan fingerprint density at radius 3 is 2.53 bits per heavy atom. The van der Waals surface area contributed by atoms with Crippen molar-refractivity contribution in [2.45, 2.75) is 4.90 Å². The largest absolute Gasteiger partial charge is 0.324 e. The minimum Gasteiger partial charge on any atom is -0.324 e. The van der Waals surface area contributed by atoms with Crippen molar-refractivity contribution in [3.8, 4) is 0 Å². The Bertz CT molecular complexity index is 468. The Morgan fingerprint density at radius 2 is 2.00 bits per heavy atom. The second-order valence-corrected chi connectivity index (χ2v) is 5.00. The molecule has 0 spiro atoms. The predicted octanol–water partition coefficient (Wildman–Crippen LogP) is -0.0127. The number of rotatable bonds is 3. The highest BCUT2D eigenvalue weighted by Gasteiger charge is 2.13. The van der Waals surface area contributed by atoms with Crippen LogP contribution in [0.25, 0.3) is 0 Å². The van der Waals surface area contributed by atoms with E-state index in [9.17, 15) is 13.2 Å². The summed E-state index contributed by atoms with van der Waals surface area (Å²) in [5.74, 6) is -0.425. The van der Waals surface area contributed by atoms with Crippen LogP contribution in [0, 0.1) is 0 Å². The van der Waals surface area contributed by atoms with Gasteiger partial charge in [-0.3, -0.25) is 4.79 Å². The highest BCUT2D eigenvalue weighted by molar-refractivity contribution is 7.90. The summed E-state index contributed by atoms with van der Waals surface area (Å²) in [7, 11) is -3.34. The molecule has 0 bridgehead atoms. The Balaban J connectivity index is 3.13. The summed E-state index contributed by atoms with van der Waals surface area (Å²) >= 11 is 0. The summed E-state index contributed by atoms with van der Waals surface area (Å²) in [6.07, 6.45) is 1.08. The Kier molecular flexibility index (Phi) is 3.43. The van der Waals surface area contributed by atoms with Crippen molar-refractivity contribution in [3.05, 3.63) is 24.3 Å². The van der Waals surface area contributed by atoms with Crippen LogP contribution in [0.2, 0.25) is 0 Å². The van der Waals surface area contributed by atoms with Gasteiger partial charge in [0.2, 0.25) is 5.91 Å². The fraction of sp³-hybridized carbons (Fsp3) is 0.222. The zero-order valence-electron chi connectivity index (χ0n) is 8.23. The summed E-state index contributed by atoms with van der Waals surface area (Å²) in [5, 5.41) is 2.42. The van der Waals surface area contributed by atoms with Crippen LogP contribution in [0.1, 0.15) is 0 Å². The second kappa shape index (κ2) is 4.41. The lowest BCUT2D eigenvalue weighted by atomic mass is 10.3. The van der Waals surface area contributed by atoms with E-state index in [1.165, 1.54) is 12.1 Å². The van der Waals surface area contributed by atoms with Crippen molar-refractivity contribution in [3.63, 3.8) is 0 Å². The highest BCUT2D eigenvalue weighted by Crippen LogP contribution is 2.20. The molecule has 0 radical (unpaired) electrons. The summed E-state index contributed by atoms with van der Waals surface area (Å²) in [6, 6.07) is 6.18. The molecule has 0 aliphatic carbocycles. The molecule has 0 unspecified atom stereocenters. The maximum Gasteiger partial charge on any atom is 0.238 e. The zero-order chi connectivity index (χ0) is 11.5. The van der Waals surface area contributed by atoms with Gasteiger partial charge in [0.15, 0.2) is 9.84 Å². The van der Waals surface area contributed by atoms with Gasteiger partial charge in [-0.1, -0.05) is 12.1 Å². The molecule has 5 nitrogen and oxygen atoms in total. The normalized spacial score (nSPS) is 11.1. The third kappa shape index (κ3) is 3.03. The number of carbonyl (C=O) groups is 1. The topological polar surface area (TPSA) is 89.3 Å². The fourth-order valence-corrected chi connectivity index (χ4v) is 1.94. The molecule has 0 heterocycles. The number of carbonyl (C=O) groups excluding carboxylic acids is 1. The van der Waals surface area contributed by atoms with E-state index in [-0.39, 0.29) is 17.1 Å². The van der Waals surface area contributed by atoms with Gasteiger partial charge in [0.25, 0.3) is 0 Å². The van der Waals surface area contributed by atoms with Crippen molar-refractivity contribution >= 4 is 21.4 Å². The van der Waals surface area contributed by atoms with Crippen LogP contribution in [0.15, 0.2) is 29.2 Å². The smallest absolute Gasteiger partial charge is 0.238 e. The maximum atomic E-state index is 11.3. The summed E-state index contributed by atoms with van der Waals surface area (Å²) < 4.78 is 22.7. The van der Waals surface area contributed by atoms with Crippen molar-refractivity contribution in [1.82, 2.24) is 0 Å². The first-order valence-corrected chi connectivity index (χ1v) is 6.13. The maximum absolute atomic E-state index is 11.3. The number of sulfone groups is 1. The Labute approximate surface area is 88.2 Å². The number of amides is 1. The van der Waals surface area contributed by atoms with Crippen LogP contribution in [0.3, 0.4) is 0 Å². The molecular weight excluding hydrogens is 216 g/mol. The van der Waals surface area contributed by atoms with Crippen molar-refractivity contribution in [2.24, 2.45) is 5.73 Å². The van der Waals surface area contributed by atoms with E-state index in [4.69, 9.17) is 5.73 Å². The number of para-hydroxylation sites is 1. The quantitative estimate of drug-likeness (QED) is 0.761. The van der Waals surface area contributed by atoms with Crippen molar-refractivity contribution < 1.29 is 13.2 Å². The van der Waals surface area contributed by atoms with Gasteiger partial charge in [0.05, 0.1) is 17.1 Å². The van der Waals surface area contributed by atoms with E-state index >= 15 is 0 Å². The third-order valence-corrected chi connectivity index (χ3v) is 2.90. The molecule has 1 rings (SSSR count). The number of nitrogens with two attached hydrogens (primary N) is 1. The third-order valence-electron chi connectivity index (χ3n) is 1.75. The number of hydrogen-bond acceptors (Lipinski definition) is 4. The van der Waals surface area contributed by atoms with Gasteiger partial charge in [-0.15, -0.1) is 0 Å². The lowest BCUT2D eigenvalue weighted by molar-refractivity contribution is -0.114. The van der Waals surface area contributed by atoms with E-state index in [1.807, 2.05) is 0 Å². The van der Waals surface area contributed by atoms with Crippen molar-refractivity contribution in [1.29, 1.82) is 0 Å². The SMILES string of the molecule is CS(=O)(=O)c1ccccc1NC(=O)CN. The minimum atomic E-state index is -3.34. The molecule has 0 saturated carbocycles. The molecule has 6 heteroatoms. The molecule has 1 aromatic carbocycles. The van der Waals surface area contributed by atoms with Gasteiger partial charge in [-0.05, 0) is 12.1 Å². The molecule has 1 amide bonds. The van der Waals surface area contributed by atoms with E-state index in [1.54, 1.807) is 12.1 Å². The molecule has 0 fully saturated rings. The van der Waals surface area contributed by atoms with E-state index in [2.05, 4.69) is 5.32 Å². The summed E-state index contributed by atoms with van der Waals surface area (Å²) in [4.78, 5) is 11.1. The molecule has 0 aliphatic heterocycles. The standard InChI is InChI=1S/C9H12N2O3S/c1-15(13,14)8-5-3-2-4-7(8)11-9(12)6-10/h2-5H,6,10H2,1H3,(H,11,12). The molecular formula is C9H12N2O3S. The van der Waals surface area contributed by atoms with Gasteiger partial charge in [-0.2, -0.15) is 0 Å². The zero-order valence-corrected chi connectivity index (χ0v) is 9.04. The van der Waals surface area contributed by atoms with Crippen LogP contribution in [0.5, 0.6) is 0 Å². The Morgan fingerprint density at radius 1 is 1.40 bits per heavy atom. The van der Waals surface area contributed by atoms with Gasteiger partial charge in [-0.25, -0.2) is 8.42 Å². The molecule has 0 aliphatic rings.